The van der Waals surface area contributed by atoms with E-state index in [1.54, 1.807) is 0 Å². The predicted molar refractivity (Wildman–Crippen MR) is 111 cm³/mol. The van der Waals surface area contributed by atoms with Crippen molar-refractivity contribution >= 4 is 23.4 Å². The number of carbonyl (C=O) groups excluding carboxylic acids is 1. The van der Waals surface area contributed by atoms with Crippen molar-refractivity contribution in [2.24, 2.45) is 5.73 Å². The van der Waals surface area contributed by atoms with Crippen molar-refractivity contribution in [3.8, 4) is 5.88 Å². The van der Waals surface area contributed by atoms with Crippen LogP contribution in [0, 0.1) is 11.0 Å². The first-order valence-corrected chi connectivity index (χ1v) is 10.1. The molecule has 1 fully saturated rings. The highest BCUT2D eigenvalue weighted by Crippen LogP contribution is 2.51. The molecule has 12 heteroatoms. The standard InChI is InChI=1S/C19H23F2N5O4S/c1-18(2)17(22)31-19(9-20,10-26(18,28)29)12-6-11(4-5-13(12)21)25-16(27)14-7-24-15(30-3)8-23-14/h4-8,17,28H,9-10,22H2,1-3H3,(H,25,27)/t17?,19-/m1/s1. The minimum Gasteiger partial charge on any atom is -0.598 e. The number of alkyl halides is 1. The third kappa shape index (κ3) is 4.21. The van der Waals surface area contributed by atoms with Crippen molar-refractivity contribution in [1.82, 2.24) is 9.97 Å². The Morgan fingerprint density at radius 1 is 1.45 bits per heavy atom. The first kappa shape index (κ1) is 23.3. The highest BCUT2D eigenvalue weighted by atomic mass is 32.2. The summed E-state index contributed by atoms with van der Waals surface area (Å²) >= 11 is 0.877. The van der Waals surface area contributed by atoms with Gasteiger partial charge in [0.15, 0.2) is 0 Å². The molecule has 1 aliphatic rings. The monoisotopic (exact) mass is 455 g/mol. The van der Waals surface area contributed by atoms with Crippen LogP contribution in [-0.2, 0) is 4.75 Å². The van der Waals surface area contributed by atoms with Crippen LogP contribution < -0.4 is 15.8 Å². The van der Waals surface area contributed by atoms with E-state index in [1.807, 2.05) is 0 Å². The van der Waals surface area contributed by atoms with E-state index in [-0.39, 0.29) is 22.8 Å². The fraction of sp³-hybridized carbons (Fsp3) is 0.421. The van der Waals surface area contributed by atoms with Gasteiger partial charge in [0.05, 0.1) is 19.5 Å². The summed E-state index contributed by atoms with van der Waals surface area (Å²) in [4.78, 5) is 18.4. The van der Waals surface area contributed by atoms with E-state index in [0.29, 0.717) is 0 Å². The molecule has 1 saturated heterocycles. The smallest absolute Gasteiger partial charge is 0.275 e. The second-order valence-corrected chi connectivity index (χ2v) is 9.30. The van der Waals surface area contributed by atoms with Gasteiger partial charge in [0.25, 0.3) is 5.91 Å². The number of ether oxygens (including phenoxy) is 1. The van der Waals surface area contributed by atoms with Crippen molar-refractivity contribution < 1.29 is 28.3 Å². The molecule has 1 aliphatic heterocycles. The van der Waals surface area contributed by atoms with Crippen LogP contribution in [-0.4, -0.2) is 57.1 Å². The molecule has 0 saturated carbocycles. The van der Waals surface area contributed by atoms with Gasteiger partial charge in [-0.1, -0.05) is 0 Å². The van der Waals surface area contributed by atoms with Crippen LogP contribution in [0.4, 0.5) is 14.5 Å². The topological polar surface area (TPSA) is 133 Å². The van der Waals surface area contributed by atoms with Crippen LogP contribution >= 0.6 is 11.8 Å². The molecule has 4 N–H and O–H groups in total. The molecule has 3 rings (SSSR count). The number of hydroxylamine groups is 4. The minimum atomic E-state index is -1.83. The van der Waals surface area contributed by atoms with Crippen LogP contribution in [0.2, 0.25) is 0 Å². The molecule has 168 valence electrons. The molecule has 2 aromatic rings. The number of halogens is 2. The third-order valence-corrected chi connectivity index (χ3v) is 7.16. The van der Waals surface area contributed by atoms with E-state index in [1.165, 1.54) is 45.5 Å². The van der Waals surface area contributed by atoms with Crippen molar-refractivity contribution in [2.75, 3.05) is 25.6 Å². The summed E-state index contributed by atoms with van der Waals surface area (Å²) in [5, 5.41) is 24.7. The molecule has 31 heavy (non-hydrogen) atoms. The molecule has 0 radical (unpaired) electrons. The Balaban J connectivity index is 1.93. The van der Waals surface area contributed by atoms with Crippen molar-refractivity contribution in [3.63, 3.8) is 0 Å². The van der Waals surface area contributed by atoms with Crippen LogP contribution in [0.3, 0.4) is 0 Å². The van der Waals surface area contributed by atoms with Gasteiger partial charge in [-0.3, -0.25) is 4.79 Å². The molecule has 9 nitrogen and oxygen atoms in total. The fourth-order valence-corrected chi connectivity index (χ4v) is 4.69. The van der Waals surface area contributed by atoms with Crippen molar-refractivity contribution in [1.29, 1.82) is 0 Å². The van der Waals surface area contributed by atoms with Gasteiger partial charge < -0.3 is 21.0 Å². The maximum absolute atomic E-state index is 14.7. The van der Waals surface area contributed by atoms with Gasteiger partial charge in [-0.05, 0) is 32.0 Å². The van der Waals surface area contributed by atoms with Crippen LogP contribution in [0.5, 0.6) is 5.88 Å². The Bertz CT molecular complexity index is 976. The van der Waals surface area contributed by atoms with E-state index >= 15 is 0 Å². The average molecular weight is 455 g/mol. The lowest BCUT2D eigenvalue weighted by molar-refractivity contribution is -1.10. The number of methoxy groups -OCH3 is 1. The number of carbonyl (C=O) groups is 1. The maximum Gasteiger partial charge on any atom is 0.275 e. The lowest BCUT2D eigenvalue weighted by Gasteiger charge is -2.57. The third-order valence-electron chi connectivity index (χ3n) is 5.42. The summed E-state index contributed by atoms with van der Waals surface area (Å²) in [6, 6.07) is 3.56. The first-order valence-electron chi connectivity index (χ1n) is 9.24. The van der Waals surface area contributed by atoms with E-state index in [9.17, 15) is 24.0 Å². The van der Waals surface area contributed by atoms with Crippen LogP contribution in [0.15, 0.2) is 30.6 Å². The quantitative estimate of drug-likeness (QED) is 0.463. The van der Waals surface area contributed by atoms with Gasteiger partial charge in [0.2, 0.25) is 5.88 Å². The number of anilines is 1. The number of thioether (sulfide) groups is 1. The Morgan fingerprint density at radius 2 is 2.16 bits per heavy atom. The summed E-state index contributed by atoms with van der Waals surface area (Å²) in [6.07, 6.45) is 2.46. The lowest BCUT2D eigenvalue weighted by atomic mass is 9.94. The van der Waals surface area contributed by atoms with E-state index in [0.717, 1.165) is 17.8 Å². The van der Waals surface area contributed by atoms with Crippen molar-refractivity contribution in [3.05, 3.63) is 52.9 Å². The summed E-state index contributed by atoms with van der Waals surface area (Å²) < 4.78 is 32.2. The summed E-state index contributed by atoms with van der Waals surface area (Å²) in [6.45, 7) is 1.11. The SMILES string of the molecule is COc1cnc(C(=O)Nc2ccc(F)c([C@@]3(CF)C[N+]([O-])(O)C(C)(C)C(N)S3)c2)cn1. The normalized spacial score (nSPS) is 27.5. The molecule has 0 spiro atoms. The van der Waals surface area contributed by atoms with Gasteiger partial charge in [0, 0.05) is 11.3 Å². The average Bonchev–Trinajstić information content (AvgIpc) is 2.73. The number of nitrogens with two attached hydrogens (primary N) is 1. The van der Waals surface area contributed by atoms with Crippen LogP contribution in [0.25, 0.3) is 0 Å². The highest BCUT2D eigenvalue weighted by Gasteiger charge is 2.57. The number of hydrogen-bond donors (Lipinski definition) is 3. The number of benzene rings is 1. The van der Waals surface area contributed by atoms with E-state index < -0.39 is 45.4 Å². The molecule has 1 aromatic heterocycles. The summed E-state index contributed by atoms with van der Waals surface area (Å²) in [7, 11) is 1.41. The Labute approximate surface area is 181 Å². The van der Waals surface area contributed by atoms with Gasteiger partial charge in [-0.25, -0.2) is 28.8 Å². The summed E-state index contributed by atoms with van der Waals surface area (Å²) in [5.74, 6) is -1.20. The second kappa shape index (κ2) is 8.28. The number of hydrogen-bond acceptors (Lipinski definition) is 8. The second-order valence-electron chi connectivity index (χ2n) is 7.77. The molecule has 2 unspecified atom stereocenters. The summed E-state index contributed by atoms with van der Waals surface area (Å²) in [5.41, 5.74) is 4.66. The molecule has 1 amide bonds. The maximum atomic E-state index is 14.7. The number of nitrogens with one attached hydrogen (secondary N) is 1. The first-order chi connectivity index (χ1) is 14.5. The Hall–Kier alpha value is -2.38. The van der Waals surface area contributed by atoms with Gasteiger partial charge in [0.1, 0.15) is 40.4 Å². The number of aromatic nitrogens is 2. The van der Waals surface area contributed by atoms with Gasteiger partial charge in [-0.2, -0.15) is 0 Å². The lowest BCUT2D eigenvalue weighted by Crippen LogP contribution is -2.70. The zero-order chi connectivity index (χ0) is 23.0. The molecule has 0 bridgehead atoms. The number of rotatable bonds is 5. The molecular formula is C19H23F2N5O4S. The van der Waals surface area contributed by atoms with Crippen molar-refractivity contribution in [2.45, 2.75) is 29.5 Å². The van der Waals surface area contributed by atoms with Gasteiger partial charge >= 0.3 is 0 Å². The van der Waals surface area contributed by atoms with Crippen LogP contribution in [0.1, 0.15) is 29.9 Å². The highest BCUT2D eigenvalue weighted by molar-refractivity contribution is 8.01. The number of nitrogens with zero attached hydrogens (tertiary/aromatic N) is 3. The largest absolute Gasteiger partial charge is 0.598 e. The Morgan fingerprint density at radius 3 is 2.71 bits per heavy atom. The zero-order valence-electron chi connectivity index (χ0n) is 17.1. The number of quaternary nitrogens is 1. The Kier molecular flexibility index (Phi) is 6.22. The minimum absolute atomic E-state index is 0.0201. The predicted octanol–water partition coefficient (Wildman–Crippen LogP) is 2.56. The van der Waals surface area contributed by atoms with E-state index in [2.05, 4.69) is 15.3 Å². The molecule has 3 atom stereocenters. The zero-order valence-corrected chi connectivity index (χ0v) is 17.9. The molecular weight excluding hydrogens is 432 g/mol. The number of amides is 1. The molecule has 1 aromatic carbocycles. The molecule has 0 aliphatic carbocycles. The van der Waals surface area contributed by atoms with Gasteiger partial charge in [-0.15, -0.1) is 11.8 Å². The molecule has 2 heterocycles. The van der Waals surface area contributed by atoms with E-state index in [4.69, 9.17) is 10.5 Å². The fourth-order valence-electron chi connectivity index (χ4n) is 3.15.